The van der Waals surface area contributed by atoms with Gasteiger partial charge < -0.3 is 30.6 Å². The SMILES string of the molecule is CC(C)(N)COc1cc(C#N)c2c(c1)CC(CNCCC1CN(c3cnc4c(n3)NC(=O)CO4)C(=O)O1)C2. The number of hydrogen-bond donors (Lipinski definition) is 3. The molecule has 1 aromatic heterocycles. The number of amides is 2. The summed E-state index contributed by atoms with van der Waals surface area (Å²) in [6.07, 6.45) is 2.96. The second-order valence-corrected chi connectivity index (χ2v) is 10.6. The van der Waals surface area contributed by atoms with Crippen LogP contribution in [0.1, 0.15) is 37.0 Å². The molecule has 5 rings (SSSR count). The average Bonchev–Trinajstić information content (AvgIpc) is 3.46. The molecule has 1 fully saturated rings. The summed E-state index contributed by atoms with van der Waals surface area (Å²) < 4.78 is 16.6. The Hall–Kier alpha value is -3.95. The molecule has 0 spiro atoms. The van der Waals surface area contributed by atoms with Crippen LogP contribution in [0.3, 0.4) is 0 Å². The largest absolute Gasteiger partial charge is 0.492 e. The number of nitriles is 1. The molecule has 200 valence electrons. The third-order valence-electron chi connectivity index (χ3n) is 6.60. The highest BCUT2D eigenvalue weighted by Crippen LogP contribution is 2.33. The van der Waals surface area contributed by atoms with E-state index in [0.717, 1.165) is 30.5 Å². The molecule has 2 atom stereocenters. The Labute approximate surface area is 220 Å². The van der Waals surface area contributed by atoms with Crippen LogP contribution in [-0.4, -0.2) is 66.5 Å². The molecule has 38 heavy (non-hydrogen) atoms. The van der Waals surface area contributed by atoms with Crippen LogP contribution in [0.25, 0.3) is 0 Å². The van der Waals surface area contributed by atoms with Crippen LogP contribution in [0.5, 0.6) is 11.6 Å². The molecule has 2 amide bonds. The highest BCUT2D eigenvalue weighted by atomic mass is 16.6. The number of carbonyl (C=O) groups excluding carboxylic acids is 2. The van der Waals surface area contributed by atoms with Gasteiger partial charge in [-0.2, -0.15) is 5.26 Å². The number of rotatable bonds is 9. The normalized spacial score (nSPS) is 20.2. The Morgan fingerprint density at radius 2 is 2.18 bits per heavy atom. The summed E-state index contributed by atoms with van der Waals surface area (Å²) in [5, 5.41) is 15.7. The number of benzene rings is 1. The number of cyclic esters (lactones) is 1. The van der Waals surface area contributed by atoms with Crippen molar-refractivity contribution in [2.45, 2.75) is 44.8 Å². The molecule has 2 aliphatic heterocycles. The van der Waals surface area contributed by atoms with Crippen molar-refractivity contribution in [3.05, 3.63) is 35.0 Å². The molecular formula is C26H31N7O5. The van der Waals surface area contributed by atoms with Crippen LogP contribution in [0.15, 0.2) is 18.3 Å². The maximum atomic E-state index is 12.4. The lowest BCUT2D eigenvalue weighted by atomic mass is 10.0. The van der Waals surface area contributed by atoms with Gasteiger partial charge in [-0.25, -0.2) is 14.8 Å². The lowest BCUT2D eigenvalue weighted by Crippen LogP contribution is -2.38. The molecule has 0 bridgehead atoms. The highest BCUT2D eigenvalue weighted by molar-refractivity contribution is 5.94. The maximum Gasteiger partial charge on any atom is 0.415 e. The molecule has 1 saturated heterocycles. The molecule has 1 aliphatic carbocycles. The van der Waals surface area contributed by atoms with E-state index in [4.69, 9.17) is 19.9 Å². The summed E-state index contributed by atoms with van der Waals surface area (Å²) in [6.45, 7) is 5.85. The standard InChI is InChI=1S/C26H31N7O5/c1-26(2,28)14-37-19-7-16-5-15(6-20(16)17(8-19)9-27)10-29-4-3-18-12-33(25(35)38-18)21-11-30-24-23(31-21)32-22(34)13-36-24/h7-8,11,15,18,29H,3-6,10,12-14,28H2,1-2H3,(H,31,32,34). The van der Waals surface area contributed by atoms with Crippen LogP contribution in [0, 0.1) is 17.2 Å². The lowest BCUT2D eigenvalue weighted by molar-refractivity contribution is -0.118. The first-order valence-corrected chi connectivity index (χ1v) is 12.6. The lowest BCUT2D eigenvalue weighted by Gasteiger charge is -2.19. The molecule has 3 heterocycles. The fraction of sp³-hybridized carbons (Fsp3) is 0.500. The first kappa shape index (κ1) is 25.7. The smallest absolute Gasteiger partial charge is 0.415 e. The van der Waals surface area contributed by atoms with Gasteiger partial charge in [0.2, 0.25) is 0 Å². The summed E-state index contributed by atoms with van der Waals surface area (Å²) in [5.74, 6) is 1.43. The summed E-state index contributed by atoms with van der Waals surface area (Å²) in [5.41, 5.74) is 8.46. The zero-order valence-corrected chi connectivity index (χ0v) is 21.5. The number of ether oxygens (including phenoxy) is 3. The van der Waals surface area contributed by atoms with Crippen molar-refractivity contribution >= 4 is 23.6 Å². The molecule has 3 aliphatic rings. The molecule has 0 saturated carbocycles. The van der Waals surface area contributed by atoms with E-state index in [-0.39, 0.29) is 30.3 Å². The number of anilines is 2. The third kappa shape index (κ3) is 5.79. The Morgan fingerprint density at radius 1 is 1.34 bits per heavy atom. The molecular weight excluding hydrogens is 490 g/mol. The van der Waals surface area contributed by atoms with Gasteiger partial charge in [0, 0.05) is 5.54 Å². The summed E-state index contributed by atoms with van der Waals surface area (Å²) >= 11 is 0. The quantitative estimate of drug-likeness (QED) is 0.412. The Kier molecular flexibility index (Phi) is 7.05. The van der Waals surface area contributed by atoms with E-state index in [2.05, 4.69) is 26.7 Å². The van der Waals surface area contributed by atoms with E-state index in [9.17, 15) is 14.9 Å². The van der Waals surface area contributed by atoms with Crippen LogP contribution in [-0.2, 0) is 22.4 Å². The summed E-state index contributed by atoms with van der Waals surface area (Å²) in [6, 6.07) is 6.13. The minimum absolute atomic E-state index is 0.114. The van der Waals surface area contributed by atoms with Crippen molar-refractivity contribution in [3.8, 4) is 17.7 Å². The van der Waals surface area contributed by atoms with Gasteiger partial charge in [0.1, 0.15) is 18.5 Å². The Balaban J connectivity index is 1.10. The summed E-state index contributed by atoms with van der Waals surface area (Å²) in [4.78, 5) is 33.8. The van der Waals surface area contributed by atoms with Crippen molar-refractivity contribution in [1.29, 1.82) is 5.26 Å². The van der Waals surface area contributed by atoms with Gasteiger partial charge in [-0.05, 0) is 75.4 Å². The number of hydrogen-bond acceptors (Lipinski definition) is 10. The molecule has 4 N–H and O–H groups in total. The van der Waals surface area contributed by atoms with Crippen molar-refractivity contribution in [1.82, 2.24) is 15.3 Å². The van der Waals surface area contributed by atoms with Crippen molar-refractivity contribution in [2.75, 3.05) is 43.1 Å². The highest BCUT2D eigenvalue weighted by Gasteiger charge is 2.34. The van der Waals surface area contributed by atoms with Gasteiger partial charge in [-0.3, -0.25) is 9.69 Å². The predicted molar refractivity (Wildman–Crippen MR) is 137 cm³/mol. The molecule has 0 radical (unpaired) electrons. The van der Waals surface area contributed by atoms with Gasteiger partial charge >= 0.3 is 6.09 Å². The van der Waals surface area contributed by atoms with Gasteiger partial charge in [0.15, 0.2) is 18.2 Å². The molecule has 12 heteroatoms. The van der Waals surface area contributed by atoms with Gasteiger partial charge in [-0.1, -0.05) is 0 Å². The van der Waals surface area contributed by atoms with Gasteiger partial charge in [0.05, 0.1) is 24.4 Å². The number of fused-ring (bicyclic) bond motifs is 2. The van der Waals surface area contributed by atoms with E-state index in [0.29, 0.717) is 49.2 Å². The number of nitrogens with one attached hydrogen (secondary N) is 2. The van der Waals surface area contributed by atoms with Crippen LogP contribution in [0.2, 0.25) is 0 Å². The third-order valence-corrected chi connectivity index (χ3v) is 6.60. The van der Waals surface area contributed by atoms with E-state index < -0.39 is 11.6 Å². The molecule has 2 unspecified atom stereocenters. The van der Waals surface area contributed by atoms with E-state index >= 15 is 0 Å². The first-order valence-electron chi connectivity index (χ1n) is 12.6. The minimum Gasteiger partial charge on any atom is -0.492 e. The van der Waals surface area contributed by atoms with Gasteiger partial charge in [-0.15, -0.1) is 0 Å². The number of nitrogens with two attached hydrogens (primary N) is 1. The van der Waals surface area contributed by atoms with Crippen LogP contribution >= 0.6 is 0 Å². The van der Waals surface area contributed by atoms with Crippen molar-refractivity contribution < 1.29 is 23.8 Å². The topological polar surface area (TPSA) is 165 Å². The molecule has 12 nitrogen and oxygen atoms in total. The van der Waals surface area contributed by atoms with Crippen molar-refractivity contribution in [2.24, 2.45) is 11.7 Å². The summed E-state index contributed by atoms with van der Waals surface area (Å²) in [7, 11) is 0. The predicted octanol–water partition coefficient (Wildman–Crippen LogP) is 1.52. The van der Waals surface area contributed by atoms with E-state index in [1.54, 1.807) is 6.07 Å². The number of carbonyl (C=O) groups is 2. The second kappa shape index (κ2) is 10.4. The number of nitrogens with zero attached hydrogens (tertiary/aromatic N) is 4. The van der Waals surface area contributed by atoms with Crippen LogP contribution < -0.4 is 30.7 Å². The minimum atomic E-state index is -0.501. The van der Waals surface area contributed by atoms with E-state index in [1.807, 2.05) is 19.9 Å². The van der Waals surface area contributed by atoms with Crippen LogP contribution in [0.4, 0.5) is 16.4 Å². The average molecular weight is 522 g/mol. The fourth-order valence-electron chi connectivity index (χ4n) is 4.81. The first-order chi connectivity index (χ1) is 18.2. The Bertz CT molecular complexity index is 1290. The molecule has 1 aromatic carbocycles. The fourth-order valence-corrected chi connectivity index (χ4v) is 4.81. The van der Waals surface area contributed by atoms with E-state index in [1.165, 1.54) is 11.1 Å². The zero-order valence-electron chi connectivity index (χ0n) is 21.5. The second-order valence-electron chi connectivity index (χ2n) is 10.6. The monoisotopic (exact) mass is 521 g/mol. The zero-order chi connectivity index (χ0) is 26.9. The molecule has 2 aromatic rings. The van der Waals surface area contributed by atoms with Crippen molar-refractivity contribution in [3.63, 3.8) is 0 Å². The maximum absolute atomic E-state index is 12.4. The Morgan fingerprint density at radius 3 is 2.97 bits per heavy atom. The number of aromatic nitrogens is 2. The van der Waals surface area contributed by atoms with Gasteiger partial charge in [0.25, 0.3) is 11.8 Å².